The Hall–Kier alpha value is -2.58. The molecule has 1 aliphatic heterocycles. The quantitative estimate of drug-likeness (QED) is 0.815. The number of aryl methyl sites for hydroxylation is 1. The lowest BCUT2D eigenvalue weighted by Gasteiger charge is -2.28. The summed E-state index contributed by atoms with van der Waals surface area (Å²) in [5, 5.41) is 9.21. The zero-order valence-electron chi connectivity index (χ0n) is 15.2. The molecule has 1 fully saturated rings. The largest absolute Gasteiger partial charge is 0.478 e. The highest BCUT2D eigenvalue weighted by atomic mass is 32.2. The highest BCUT2D eigenvalue weighted by Crippen LogP contribution is 2.25. The maximum atomic E-state index is 12.8. The maximum Gasteiger partial charge on any atom is 0.335 e. The van der Waals surface area contributed by atoms with E-state index >= 15 is 0 Å². The van der Waals surface area contributed by atoms with E-state index in [2.05, 4.69) is 9.62 Å². The number of hydrogen-bond acceptors (Lipinski definition) is 5. The summed E-state index contributed by atoms with van der Waals surface area (Å²) in [5.74, 6) is -1.16. The molecular weight excluding hydrogens is 368 g/mol. The Labute approximate surface area is 158 Å². The number of nitrogens with zero attached hydrogens (tertiary/aromatic N) is 1. The lowest BCUT2D eigenvalue weighted by atomic mass is 10.1. The Balaban J connectivity index is 1.85. The number of rotatable bonds is 5. The molecule has 144 valence electrons. The van der Waals surface area contributed by atoms with Gasteiger partial charge in [0, 0.05) is 24.5 Å². The topological polar surface area (TPSA) is 95.9 Å². The molecule has 0 atom stereocenters. The highest BCUT2D eigenvalue weighted by molar-refractivity contribution is 7.92. The highest BCUT2D eigenvalue weighted by Gasteiger charge is 2.21. The van der Waals surface area contributed by atoms with Crippen molar-refractivity contribution < 1.29 is 23.1 Å². The van der Waals surface area contributed by atoms with Crippen molar-refractivity contribution in [2.45, 2.75) is 18.7 Å². The summed E-state index contributed by atoms with van der Waals surface area (Å²) in [6.45, 7) is 6.30. The van der Waals surface area contributed by atoms with Gasteiger partial charge in [-0.1, -0.05) is 0 Å². The molecule has 0 aliphatic carbocycles. The zero-order valence-corrected chi connectivity index (χ0v) is 16.0. The van der Waals surface area contributed by atoms with Crippen LogP contribution < -0.4 is 9.62 Å². The molecule has 0 amide bonds. The monoisotopic (exact) mass is 390 g/mol. The third kappa shape index (κ3) is 4.23. The Morgan fingerprint density at radius 3 is 2.33 bits per heavy atom. The number of nitrogens with one attached hydrogen (secondary N) is 1. The van der Waals surface area contributed by atoms with Gasteiger partial charge in [-0.2, -0.15) is 0 Å². The number of sulfonamides is 1. The van der Waals surface area contributed by atoms with Crippen molar-refractivity contribution in [1.29, 1.82) is 0 Å². The molecular formula is C19H22N2O5S. The van der Waals surface area contributed by atoms with E-state index in [-0.39, 0.29) is 10.5 Å². The minimum absolute atomic E-state index is 0.0304. The lowest BCUT2D eigenvalue weighted by Crippen LogP contribution is -2.36. The van der Waals surface area contributed by atoms with Gasteiger partial charge in [-0.05, 0) is 61.4 Å². The van der Waals surface area contributed by atoms with Crippen LogP contribution in [0.15, 0.2) is 41.3 Å². The van der Waals surface area contributed by atoms with Gasteiger partial charge in [-0.3, -0.25) is 4.72 Å². The number of benzene rings is 2. The second-order valence-corrected chi connectivity index (χ2v) is 8.12. The molecule has 3 rings (SSSR count). The number of carboxylic acid groups (broad SMARTS) is 1. The van der Waals surface area contributed by atoms with Gasteiger partial charge in [-0.15, -0.1) is 0 Å². The maximum absolute atomic E-state index is 12.8. The van der Waals surface area contributed by atoms with E-state index in [1.165, 1.54) is 12.1 Å². The van der Waals surface area contributed by atoms with Gasteiger partial charge in [0.05, 0.1) is 23.7 Å². The average Bonchev–Trinajstić information content (AvgIpc) is 2.64. The molecule has 0 bridgehead atoms. The number of morpholine rings is 1. The van der Waals surface area contributed by atoms with Gasteiger partial charge < -0.3 is 14.7 Å². The Morgan fingerprint density at radius 1 is 1.11 bits per heavy atom. The molecule has 1 saturated heterocycles. The van der Waals surface area contributed by atoms with Crippen molar-refractivity contribution in [3.8, 4) is 0 Å². The second-order valence-electron chi connectivity index (χ2n) is 6.47. The van der Waals surface area contributed by atoms with Crippen molar-refractivity contribution in [2.24, 2.45) is 0 Å². The van der Waals surface area contributed by atoms with Gasteiger partial charge in [0.2, 0.25) is 0 Å². The molecule has 1 aliphatic rings. The van der Waals surface area contributed by atoms with Gasteiger partial charge >= 0.3 is 5.97 Å². The number of anilines is 2. The van der Waals surface area contributed by atoms with Crippen LogP contribution in [-0.2, 0) is 14.8 Å². The van der Waals surface area contributed by atoms with Gasteiger partial charge in [0.15, 0.2) is 0 Å². The van der Waals surface area contributed by atoms with Gasteiger partial charge in [0.25, 0.3) is 10.0 Å². The van der Waals surface area contributed by atoms with Gasteiger partial charge in [0.1, 0.15) is 0 Å². The predicted octanol–water partition coefficient (Wildman–Crippen LogP) is 2.64. The molecule has 2 N–H and O–H groups in total. The molecule has 0 saturated carbocycles. The van der Waals surface area contributed by atoms with Crippen LogP contribution in [0.1, 0.15) is 21.5 Å². The zero-order chi connectivity index (χ0) is 19.6. The minimum Gasteiger partial charge on any atom is -0.478 e. The number of hydrogen-bond donors (Lipinski definition) is 2. The summed E-state index contributed by atoms with van der Waals surface area (Å²) in [6.07, 6.45) is 0. The first kappa shape index (κ1) is 19.2. The first-order valence-electron chi connectivity index (χ1n) is 8.58. The van der Waals surface area contributed by atoms with E-state index in [4.69, 9.17) is 4.74 Å². The van der Waals surface area contributed by atoms with Crippen LogP contribution in [0.3, 0.4) is 0 Å². The molecule has 0 spiro atoms. The molecule has 2 aromatic rings. The molecule has 0 unspecified atom stereocenters. The summed E-state index contributed by atoms with van der Waals surface area (Å²) in [7, 11) is -3.91. The van der Waals surface area contributed by atoms with Gasteiger partial charge in [-0.25, -0.2) is 13.2 Å². The predicted molar refractivity (Wildman–Crippen MR) is 103 cm³/mol. The Kier molecular flexibility index (Phi) is 5.38. The summed E-state index contributed by atoms with van der Waals surface area (Å²) in [5.41, 5.74) is 2.50. The van der Waals surface area contributed by atoms with Crippen molar-refractivity contribution >= 4 is 27.4 Å². The summed E-state index contributed by atoms with van der Waals surface area (Å²) >= 11 is 0. The molecule has 0 radical (unpaired) electrons. The number of carboxylic acids is 1. The van der Waals surface area contributed by atoms with Crippen LogP contribution >= 0.6 is 0 Å². The Bertz CT molecular complexity index is 949. The molecule has 8 heteroatoms. The van der Waals surface area contributed by atoms with E-state index < -0.39 is 16.0 Å². The van der Waals surface area contributed by atoms with Crippen LogP contribution in [0, 0.1) is 13.8 Å². The normalized spacial score (nSPS) is 14.8. The lowest BCUT2D eigenvalue weighted by molar-refractivity contribution is 0.0696. The average molecular weight is 390 g/mol. The number of aromatic carboxylic acids is 1. The smallest absolute Gasteiger partial charge is 0.335 e. The molecule has 0 aromatic heterocycles. The molecule has 2 aromatic carbocycles. The SMILES string of the molecule is Cc1cc(C(=O)O)cc(S(=O)(=O)Nc2ccc(N3CCOCC3)cc2)c1C. The standard InChI is InChI=1S/C19H22N2O5S/c1-13-11-15(19(22)23)12-18(14(13)2)27(24,25)20-16-3-5-17(6-4-16)21-7-9-26-10-8-21/h3-6,11-12,20H,7-10H2,1-2H3,(H,22,23). The van der Waals surface area contributed by atoms with Crippen LogP contribution in [-0.4, -0.2) is 45.8 Å². The summed E-state index contributed by atoms with van der Waals surface area (Å²) < 4.78 is 33.5. The third-order valence-corrected chi connectivity index (χ3v) is 6.16. The van der Waals surface area contributed by atoms with Crippen molar-refractivity contribution in [1.82, 2.24) is 0 Å². The number of carbonyl (C=O) groups is 1. The van der Waals surface area contributed by atoms with Crippen LogP contribution in [0.5, 0.6) is 0 Å². The van der Waals surface area contributed by atoms with E-state index in [9.17, 15) is 18.3 Å². The third-order valence-electron chi connectivity index (χ3n) is 4.65. The van der Waals surface area contributed by atoms with Crippen LogP contribution in [0.4, 0.5) is 11.4 Å². The minimum atomic E-state index is -3.91. The fourth-order valence-corrected chi connectivity index (χ4v) is 4.40. The van der Waals surface area contributed by atoms with E-state index in [0.29, 0.717) is 30.0 Å². The first-order chi connectivity index (χ1) is 12.8. The van der Waals surface area contributed by atoms with Crippen LogP contribution in [0.2, 0.25) is 0 Å². The fraction of sp³-hybridized carbons (Fsp3) is 0.316. The molecule has 1 heterocycles. The van der Waals surface area contributed by atoms with E-state index in [0.717, 1.165) is 18.8 Å². The van der Waals surface area contributed by atoms with Crippen molar-refractivity contribution in [3.63, 3.8) is 0 Å². The van der Waals surface area contributed by atoms with Crippen molar-refractivity contribution in [2.75, 3.05) is 35.9 Å². The summed E-state index contributed by atoms with van der Waals surface area (Å²) in [6, 6.07) is 9.77. The summed E-state index contributed by atoms with van der Waals surface area (Å²) in [4.78, 5) is 13.4. The fourth-order valence-electron chi connectivity index (χ4n) is 3.00. The molecule has 27 heavy (non-hydrogen) atoms. The van der Waals surface area contributed by atoms with E-state index in [1.807, 2.05) is 12.1 Å². The van der Waals surface area contributed by atoms with E-state index in [1.54, 1.807) is 26.0 Å². The van der Waals surface area contributed by atoms with Crippen molar-refractivity contribution in [3.05, 3.63) is 53.1 Å². The Morgan fingerprint density at radius 2 is 1.74 bits per heavy atom. The molecule has 7 nitrogen and oxygen atoms in total. The van der Waals surface area contributed by atoms with Crippen LogP contribution in [0.25, 0.3) is 0 Å². The second kappa shape index (κ2) is 7.58. The number of ether oxygens (including phenoxy) is 1. The first-order valence-corrected chi connectivity index (χ1v) is 10.1.